The van der Waals surface area contributed by atoms with E-state index < -0.39 is 0 Å². The van der Waals surface area contributed by atoms with E-state index in [9.17, 15) is 0 Å². The summed E-state index contributed by atoms with van der Waals surface area (Å²) in [4.78, 5) is 0. The van der Waals surface area contributed by atoms with Crippen molar-refractivity contribution in [2.75, 3.05) is 0 Å². The molecule has 2 nitrogen and oxygen atoms in total. The first-order valence-electron chi connectivity index (χ1n) is 8.58. The van der Waals surface area contributed by atoms with Crippen molar-refractivity contribution in [3.63, 3.8) is 0 Å². The molecule has 2 heteroatoms. The maximum atomic E-state index is 8.89. The summed E-state index contributed by atoms with van der Waals surface area (Å²) in [5.74, 6) is 2.10. The van der Waals surface area contributed by atoms with E-state index in [-0.39, 0.29) is 0 Å². The van der Waals surface area contributed by atoms with E-state index in [1.165, 1.54) is 75.3 Å². The van der Waals surface area contributed by atoms with Gasteiger partial charge in [-0.2, -0.15) is 0 Å². The minimum absolute atomic E-state index is 0.589. The second-order valence-electron chi connectivity index (χ2n) is 6.66. The van der Waals surface area contributed by atoms with Gasteiger partial charge in [-0.1, -0.05) is 50.7 Å². The van der Waals surface area contributed by atoms with E-state index in [1.54, 1.807) is 0 Å². The summed E-state index contributed by atoms with van der Waals surface area (Å²) in [5.41, 5.74) is 2.76. The van der Waals surface area contributed by atoms with Gasteiger partial charge in [0.15, 0.2) is 0 Å². The molecule has 0 radical (unpaired) electrons. The quantitative estimate of drug-likeness (QED) is 0.672. The highest BCUT2D eigenvalue weighted by Gasteiger charge is 2.22. The van der Waals surface area contributed by atoms with Crippen LogP contribution in [-0.4, -0.2) is 0 Å². The van der Waals surface area contributed by atoms with Crippen LogP contribution in [0.4, 0.5) is 0 Å². The third-order valence-corrected chi connectivity index (χ3v) is 5.31. The molecule has 0 aliphatic heterocycles. The Morgan fingerprint density at radius 1 is 0.857 bits per heavy atom. The summed E-state index contributed by atoms with van der Waals surface area (Å²) in [6.07, 6.45) is 15.1. The zero-order chi connectivity index (χ0) is 14.5. The van der Waals surface area contributed by atoms with Crippen LogP contribution in [-0.2, 0) is 0 Å². The lowest BCUT2D eigenvalue weighted by Gasteiger charge is -2.26. The van der Waals surface area contributed by atoms with Gasteiger partial charge in [-0.25, -0.2) is 0 Å². The standard InChI is InChI=1S/C19H25NO/c20-14-21-19-12-11-17(15-7-3-1-4-8-15)13-18(19)16-9-5-2-6-10-16/h11-13,15-16H,1-10H2. The third-order valence-electron chi connectivity index (χ3n) is 5.31. The summed E-state index contributed by atoms with van der Waals surface area (Å²) in [5, 5.41) is 8.89. The van der Waals surface area contributed by atoms with Crippen LogP contribution in [0.15, 0.2) is 18.2 Å². The van der Waals surface area contributed by atoms with Crippen LogP contribution in [0.25, 0.3) is 0 Å². The number of nitriles is 1. The number of nitrogens with zero attached hydrogens (tertiary/aromatic N) is 1. The topological polar surface area (TPSA) is 33.0 Å². The zero-order valence-corrected chi connectivity index (χ0v) is 12.8. The van der Waals surface area contributed by atoms with Crippen LogP contribution >= 0.6 is 0 Å². The minimum Gasteiger partial charge on any atom is -0.388 e. The Hall–Kier alpha value is -1.49. The van der Waals surface area contributed by atoms with Crippen LogP contribution in [0.5, 0.6) is 5.75 Å². The first-order valence-corrected chi connectivity index (χ1v) is 8.58. The Kier molecular flexibility index (Phi) is 4.80. The second-order valence-corrected chi connectivity index (χ2v) is 6.66. The molecule has 2 aliphatic carbocycles. The molecule has 1 aromatic rings. The number of rotatable bonds is 3. The average molecular weight is 283 g/mol. The van der Waals surface area contributed by atoms with Gasteiger partial charge in [0.2, 0.25) is 0 Å². The highest BCUT2D eigenvalue weighted by atomic mass is 16.5. The summed E-state index contributed by atoms with van der Waals surface area (Å²) in [7, 11) is 0. The molecule has 112 valence electrons. The fourth-order valence-electron chi connectivity index (χ4n) is 4.13. The van der Waals surface area contributed by atoms with Crippen molar-refractivity contribution in [2.24, 2.45) is 0 Å². The lowest BCUT2D eigenvalue weighted by Crippen LogP contribution is -2.09. The number of hydrogen-bond acceptors (Lipinski definition) is 2. The summed E-state index contributed by atoms with van der Waals surface area (Å²) < 4.78 is 5.24. The maximum Gasteiger partial charge on any atom is 0.292 e. The van der Waals surface area contributed by atoms with Gasteiger partial charge in [0.1, 0.15) is 5.75 Å². The number of ether oxygens (including phenoxy) is 1. The van der Waals surface area contributed by atoms with Gasteiger partial charge in [-0.15, -0.1) is 5.26 Å². The third kappa shape index (κ3) is 3.40. The summed E-state index contributed by atoms with van der Waals surface area (Å²) in [6.45, 7) is 0. The van der Waals surface area contributed by atoms with Gasteiger partial charge in [-0.3, -0.25) is 0 Å². The van der Waals surface area contributed by atoms with Gasteiger partial charge >= 0.3 is 0 Å². The molecule has 0 bridgehead atoms. The van der Waals surface area contributed by atoms with Gasteiger partial charge in [-0.05, 0) is 54.7 Å². The van der Waals surface area contributed by atoms with Crippen LogP contribution in [0, 0.1) is 11.5 Å². The monoisotopic (exact) mass is 283 g/mol. The van der Waals surface area contributed by atoms with Crippen molar-refractivity contribution >= 4 is 0 Å². The molecule has 0 amide bonds. The molecule has 2 saturated carbocycles. The number of benzene rings is 1. The lowest BCUT2D eigenvalue weighted by molar-refractivity contribution is 0.420. The molecule has 2 fully saturated rings. The van der Waals surface area contributed by atoms with Crippen LogP contribution in [0.2, 0.25) is 0 Å². The van der Waals surface area contributed by atoms with Crippen LogP contribution < -0.4 is 4.74 Å². The molecule has 1 aromatic carbocycles. The molecule has 0 saturated heterocycles. The second kappa shape index (κ2) is 6.98. The molecular weight excluding hydrogens is 258 g/mol. The predicted octanol–water partition coefficient (Wildman–Crippen LogP) is 5.64. The first kappa shape index (κ1) is 14.4. The van der Waals surface area contributed by atoms with E-state index in [2.05, 4.69) is 12.1 Å². The highest BCUT2D eigenvalue weighted by molar-refractivity contribution is 5.42. The largest absolute Gasteiger partial charge is 0.388 e. The first-order chi connectivity index (χ1) is 10.4. The SMILES string of the molecule is N#COc1ccc(C2CCCCC2)cc1C1CCCCC1. The lowest BCUT2D eigenvalue weighted by atomic mass is 9.79. The van der Waals surface area contributed by atoms with Crippen molar-refractivity contribution in [1.29, 1.82) is 5.26 Å². The van der Waals surface area contributed by atoms with E-state index in [0.717, 1.165) is 11.7 Å². The zero-order valence-electron chi connectivity index (χ0n) is 12.8. The van der Waals surface area contributed by atoms with Crippen molar-refractivity contribution < 1.29 is 4.74 Å². The van der Waals surface area contributed by atoms with Gasteiger partial charge in [0, 0.05) is 0 Å². The van der Waals surface area contributed by atoms with E-state index in [4.69, 9.17) is 10.00 Å². The molecule has 0 aromatic heterocycles. The van der Waals surface area contributed by atoms with Crippen molar-refractivity contribution in [2.45, 2.75) is 76.0 Å². The molecule has 21 heavy (non-hydrogen) atoms. The van der Waals surface area contributed by atoms with Crippen LogP contribution in [0.1, 0.15) is 87.2 Å². The predicted molar refractivity (Wildman–Crippen MR) is 84.3 cm³/mol. The molecule has 0 atom stereocenters. The van der Waals surface area contributed by atoms with Crippen molar-refractivity contribution in [1.82, 2.24) is 0 Å². The molecule has 0 unspecified atom stereocenters. The van der Waals surface area contributed by atoms with E-state index in [1.807, 2.05) is 12.3 Å². The molecular formula is C19H25NO. The Morgan fingerprint density at radius 2 is 1.48 bits per heavy atom. The molecule has 0 N–H and O–H groups in total. The molecule has 2 aliphatic rings. The van der Waals surface area contributed by atoms with Gasteiger partial charge < -0.3 is 4.74 Å². The van der Waals surface area contributed by atoms with Crippen molar-refractivity contribution in [3.8, 4) is 12.0 Å². The molecule has 0 spiro atoms. The molecule has 3 rings (SSSR count). The minimum atomic E-state index is 0.589. The fraction of sp³-hybridized carbons (Fsp3) is 0.632. The summed E-state index contributed by atoms with van der Waals surface area (Å²) >= 11 is 0. The van der Waals surface area contributed by atoms with E-state index >= 15 is 0 Å². The Morgan fingerprint density at radius 3 is 2.10 bits per heavy atom. The van der Waals surface area contributed by atoms with Crippen molar-refractivity contribution in [3.05, 3.63) is 29.3 Å². The Balaban J connectivity index is 1.87. The normalized spacial score (nSPS) is 20.9. The van der Waals surface area contributed by atoms with E-state index in [0.29, 0.717) is 5.92 Å². The van der Waals surface area contributed by atoms with Gasteiger partial charge in [0.25, 0.3) is 6.26 Å². The highest BCUT2D eigenvalue weighted by Crippen LogP contribution is 2.41. The summed E-state index contributed by atoms with van der Waals surface area (Å²) in [6, 6.07) is 6.59. The average Bonchev–Trinajstić information content (AvgIpc) is 2.57. The molecule has 0 heterocycles. The van der Waals surface area contributed by atoms with Gasteiger partial charge in [0.05, 0.1) is 0 Å². The maximum absolute atomic E-state index is 8.89. The smallest absolute Gasteiger partial charge is 0.292 e. The Labute approximate surface area is 128 Å². The Bertz CT molecular complexity index is 505. The number of hydrogen-bond donors (Lipinski definition) is 0. The van der Waals surface area contributed by atoms with Crippen LogP contribution in [0.3, 0.4) is 0 Å². The fourth-order valence-corrected chi connectivity index (χ4v) is 4.13.